The quantitative estimate of drug-likeness (QED) is 0.105. The second-order valence-corrected chi connectivity index (χ2v) is 27.2. The number of aromatic amines is 2. The number of halogens is 12. The minimum atomic E-state index is -0.176. The fourth-order valence-electron chi connectivity index (χ4n) is 12.2. The van der Waals surface area contributed by atoms with Crippen LogP contribution in [-0.2, 0) is 0 Å². The van der Waals surface area contributed by atoms with E-state index in [1.54, 1.807) is 48.5 Å². The Labute approximate surface area is 639 Å². The number of para-hydroxylation sites is 4. The van der Waals surface area contributed by atoms with Crippen LogP contribution in [0.5, 0.6) is 57.5 Å². The standard InChI is InChI=1S/C76H38Cl12N8O6/c1-97-42-31-18-32-43(98-2)64(42)102-68-59(84)51-47(55(80)63(68)88)70-89-69-44-48(56(81)65(60(85)52(44)77)99-39-28-15-12-25-36(39)33-19-6-3-7-20-33)73(90-69)92-71-45-49(57(82)66(61(86)53(45)78)100-40-29-16-13-26-37(40)34-21-8-4-9-22-34)74(93-71)94-72-46-50(75(95-72)96-76(51)91-70)58(83)67(62(87)54(46)79)101-41-30-17-14-27-38(41)35-23-10-5-11-24-35/h3-32H,1-2H3,(H2,89,90,91,92,93,94,95,96). The van der Waals surface area contributed by atoms with Crippen LogP contribution in [0.25, 0.3) is 123 Å². The largest absolute Gasteiger partial charge is 0.493 e. The van der Waals surface area contributed by atoms with Crippen LogP contribution in [-0.4, -0.2) is 54.1 Å². The van der Waals surface area contributed by atoms with Gasteiger partial charge in [0.25, 0.3) is 0 Å². The molecule has 26 heteroatoms. The zero-order chi connectivity index (χ0) is 70.5. The predicted octanol–water partition coefficient (Wildman–Crippen LogP) is 26.9. The summed E-state index contributed by atoms with van der Waals surface area (Å²) in [5.41, 5.74) is 4.77. The van der Waals surface area contributed by atoms with Gasteiger partial charge in [0.15, 0.2) is 57.8 Å². The van der Waals surface area contributed by atoms with E-state index in [4.69, 9.17) is 198 Å². The van der Waals surface area contributed by atoms with Crippen molar-refractivity contribution in [1.29, 1.82) is 0 Å². The fraction of sp³-hybridized carbons (Fsp3) is 0.0263. The number of hydrogen-bond donors (Lipinski definition) is 2. The first kappa shape index (κ1) is 67.5. The maximum atomic E-state index is 7.75. The van der Waals surface area contributed by atoms with Crippen molar-refractivity contribution < 1.29 is 28.4 Å². The molecule has 8 bridgehead atoms. The van der Waals surface area contributed by atoms with E-state index in [1.165, 1.54) is 14.2 Å². The molecular formula is C76H38Cl12N8O6. The van der Waals surface area contributed by atoms with Gasteiger partial charge in [-0.3, -0.25) is 0 Å². The molecule has 5 heterocycles. The third kappa shape index (κ3) is 11.4. The van der Waals surface area contributed by atoms with Gasteiger partial charge in [0.2, 0.25) is 5.75 Å². The van der Waals surface area contributed by atoms with Gasteiger partial charge >= 0.3 is 0 Å². The summed E-state index contributed by atoms with van der Waals surface area (Å²) in [5, 5.41) is -1.00. The van der Waals surface area contributed by atoms with Crippen LogP contribution in [0.2, 0.25) is 60.3 Å². The molecule has 0 saturated carbocycles. The van der Waals surface area contributed by atoms with Gasteiger partial charge < -0.3 is 38.4 Å². The average molecular weight is 1580 g/mol. The number of nitrogens with one attached hydrogen (secondary N) is 2. The Morgan fingerprint density at radius 2 is 0.500 bits per heavy atom. The average Bonchev–Trinajstić information content (AvgIpc) is 1.56. The number of nitrogens with zero attached hydrogens (tertiary/aromatic N) is 6. The van der Waals surface area contributed by atoms with Crippen LogP contribution in [0.1, 0.15) is 0 Å². The molecule has 0 amide bonds. The zero-order valence-corrected chi connectivity index (χ0v) is 61.1. The molecule has 0 spiro atoms. The zero-order valence-electron chi connectivity index (χ0n) is 52.0. The van der Waals surface area contributed by atoms with Gasteiger partial charge in [-0.1, -0.05) is 291 Å². The van der Waals surface area contributed by atoms with Crippen LogP contribution in [0.15, 0.2) is 182 Å². The van der Waals surface area contributed by atoms with Crippen molar-refractivity contribution in [2.75, 3.05) is 14.2 Å². The third-order valence-corrected chi connectivity index (χ3v) is 21.7. The Balaban J connectivity index is 1.03. The van der Waals surface area contributed by atoms with E-state index in [0.29, 0.717) is 33.9 Å². The molecule has 2 aliphatic heterocycles. The van der Waals surface area contributed by atoms with Crippen molar-refractivity contribution in [3.8, 4) is 136 Å². The van der Waals surface area contributed by atoms with E-state index < -0.39 is 0 Å². The molecule has 0 aliphatic carbocycles. The Morgan fingerprint density at radius 1 is 0.235 bits per heavy atom. The molecule has 2 aliphatic rings. The molecule has 14 aromatic rings. The van der Waals surface area contributed by atoms with Gasteiger partial charge in [0.05, 0.1) is 98.2 Å². The van der Waals surface area contributed by atoms with Gasteiger partial charge in [-0.25, -0.2) is 29.9 Å². The molecule has 16 rings (SSSR count). The minimum Gasteiger partial charge on any atom is -0.493 e. The van der Waals surface area contributed by atoms with Crippen molar-refractivity contribution in [2.45, 2.75) is 0 Å². The first-order valence-corrected chi connectivity index (χ1v) is 35.1. The van der Waals surface area contributed by atoms with Crippen molar-refractivity contribution >= 4 is 183 Å². The summed E-state index contributed by atoms with van der Waals surface area (Å²) >= 11 is 90.9. The number of hydrogen-bond acceptors (Lipinski definition) is 12. The van der Waals surface area contributed by atoms with Gasteiger partial charge in [0.1, 0.15) is 59.9 Å². The normalized spacial score (nSPS) is 11.6. The molecule has 0 saturated heterocycles. The highest BCUT2D eigenvalue weighted by molar-refractivity contribution is 6.53. The van der Waals surface area contributed by atoms with E-state index in [0.717, 1.165) is 16.7 Å². The van der Waals surface area contributed by atoms with Crippen molar-refractivity contribution in [3.63, 3.8) is 0 Å². The van der Waals surface area contributed by atoms with Gasteiger partial charge in [-0.15, -0.1) is 0 Å². The predicted molar refractivity (Wildman–Crippen MR) is 412 cm³/mol. The van der Waals surface area contributed by atoms with Gasteiger partial charge in [-0.2, -0.15) is 0 Å². The van der Waals surface area contributed by atoms with Crippen molar-refractivity contribution in [1.82, 2.24) is 39.9 Å². The molecule has 14 nitrogen and oxygen atoms in total. The molecule has 2 N–H and O–H groups in total. The molecule has 0 atom stereocenters. The summed E-state index contributed by atoms with van der Waals surface area (Å²) in [4.78, 5) is 37.9. The number of H-pyrrole nitrogens is 2. The maximum absolute atomic E-state index is 7.75. The second kappa shape index (κ2) is 27.4. The Hall–Kier alpha value is -8.94. The first-order chi connectivity index (χ1) is 49.5. The number of ether oxygens (including phenoxy) is 6. The summed E-state index contributed by atoms with van der Waals surface area (Å²) in [6.45, 7) is 0. The Kier molecular flexibility index (Phi) is 18.1. The highest BCUT2D eigenvalue weighted by Crippen LogP contribution is 2.59. The summed E-state index contributed by atoms with van der Waals surface area (Å²) in [5.74, 6) is 0.883. The Bertz CT molecular complexity index is 6030. The smallest absolute Gasteiger partial charge is 0.211 e. The molecular weight excluding hydrogens is 1550 g/mol. The lowest BCUT2D eigenvalue weighted by atomic mass is 10.0. The molecule has 11 aromatic carbocycles. The summed E-state index contributed by atoms with van der Waals surface area (Å²) < 4.78 is 38.4. The van der Waals surface area contributed by atoms with Crippen LogP contribution < -0.4 is 28.4 Å². The van der Waals surface area contributed by atoms with Crippen LogP contribution in [0.3, 0.4) is 0 Å². The topological polar surface area (TPSA) is 164 Å². The van der Waals surface area contributed by atoms with Crippen LogP contribution in [0, 0.1) is 0 Å². The minimum absolute atomic E-state index is 0.0324. The highest BCUT2D eigenvalue weighted by atomic mass is 35.5. The van der Waals surface area contributed by atoms with E-state index in [1.807, 2.05) is 133 Å². The van der Waals surface area contributed by atoms with E-state index in [2.05, 4.69) is 9.97 Å². The first-order valence-electron chi connectivity index (χ1n) is 30.5. The number of fused-ring (bicyclic) bond motifs is 20. The van der Waals surface area contributed by atoms with Crippen LogP contribution >= 0.6 is 139 Å². The molecule has 0 fully saturated rings. The molecule has 0 radical (unpaired) electrons. The van der Waals surface area contributed by atoms with Gasteiger partial charge in [-0.05, 0) is 47.0 Å². The van der Waals surface area contributed by atoms with Gasteiger partial charge in [0, 0.05) is 16.7 Å². The molecule has 502 valence electrons. The fourth-order valence-corrected chi connectivity index (χ4v) is 15.6. The molecule has 3 aromatic heterocycles. The van der Waals surface area contributed by atoms with E-state index in [9.17, 15) is 0 Å². The monoisotopic (exact) mass is 1580 g/mol. The number of aromatic nitrogens is 8. The van der Waals surface area contributed by atoms with E-state index >= 15 is 0 Å². The number of benzene rings is 11. The summed E-state index contributed by atoms with van der Waals surface area (Å²) in [6.07, 6.45) is 0. The second-order valence-electron chi connectivity index (χ2n) is 22.7. The SMILES string of the molecule is COc1cccc(OC)c1Oc1c(Cl)c(Cl)c2c3nc4nc(nc5[nH]c(nc6nc(nc([nH]3)c2c1Cl)-c1c(Cl)c(Oc2ccccc2-c2ccccc2)c(Cl)c(Cl)c1-6)c1c(Cl)c(Oc2ccccc2-c2ccccc2)c(Cl)c(Cl)c51)-c1c(Cl)c(Oc2ccccc2-c2ccccc2)c(Cl)c(Cl)c1-4. The number of methoxy groups -OCH3 is 2. The van der Waals surface area contributed by atoms with Crippen molar-refractivity contribution in [2.24, 2.45) is 0 Å². The summed E-state index contributed by atoms with van der Waals surface area (Å²) in [7, 11) is 2.92. The maximum Gasteiger partial charge on any atom is 0.211 e. The Morgan fingerprint density at radius 3 is 0.833 bits per heavy atom. The number of rotatable bonds is 13. The van der Waals surface area contributed by atoms with E-state index in [-0.39, 0.29) is 190 Å². The summed E-state index contributed by atoms with van der Waals surface area (Å²) in [6, 6.07) is 55.8. The lowest BCUT2D eigenvalue weighted by Crippen LogP contribution is -1.96. The lowest BCUT2D eigenvalue weighted by molar-refractivity contribution is 0.346. The van der Waals surface area contributed by atoms with Crippen molar-refractivity contribution in [3.05, 3.63) is 242 Å². The molecule has 0 unspecified atom stereocenters. The third-order valence-electron chi connectivity index (χ3n) is 16.9. The van der Waals surface area contributed by atoms with Crippen LogP contribution in [0.4, 0.5) is 0 Å². The highest BCUT2D eigenvalue weighted by Gasteiger charge is 2.37. The molecule has 102 heavy (non-hydrogen) atoms. The lowest BCUT2D eigenvalue weighted by Gasteiger charge is -2.17.